The van der Waals surface area contributed by atoms with Crippen LogP contribution in [-0.4, -0.2) is 54.1 Å². The van der Waals surface area contributed by atoms with Gasteiger partial charge in [-0.05, 0) is 37.0 Å². The van der Waals surface area contributed by atoms with Gasteiger partial charge in [-0.2, -0.15) is 0 Å². The fourth-order valence-corrected chi connectivity index (χ4v) is 3.78. The molecule has 0 atom stereocenters. The Morgan fingerprint density at radius 3 is 2.68 bits per heavy atom. The number of hydrogen-bond donors (Lipinski definition) is 2. The van der Waals surface area contributed by atoms with Crippen LogP contribution in [0.3, 0.4) is 0 Å². The molecule has 0 aliphatic heterocycles. The molecule has 8 nitrogen and oxygen atoms in total. The summed E-state index contributed by atoms with van der Waals surface area (Å²) in [5.41, 5.74) is 1.17. The van der Waals surface area contributed by atoms with Gasteiger partial charge >= 0.3 is 0 Å². The number of rotatable bonds is 10. The minimum absolute atomic E-state index is 0. The quantitative estimate of drug-likeness (QED) is 0.273. The van der Waals surface area contributed by atoms with Crippen molar-refractivity contribution < 1.29 is 9.47 Å². The minimum atomic E-state index is 0. The van der Waals surface area contributed by atoms with Crippen LogP contribution in [0.5, 0.6) is 11.5 Å². The predicted octanol–water partition coefficient (Wildman–Crippen LogP) is 3.20. The molecule has 172 valence electrons. The number of hydrogen-bond acceptors (Lipinski definition) is 5. The van der Waals surface area contributed by atoms with E-state index in [0.717, 1.165) is 49.2 Å². The van der Waals surface area contributed by atoms with Crippen LogP contribution in [0, 0.1) is 0 Å². The molecule has 1 aliphatic carbocycles. The smallest absolute Gasteiger partial charge is 0.191 e. The molecule has 1 fully saturated rings. The van der Waals surface area contributed by atoms with Gasteiger partial charge in [0.05, 0.1) is 14.2 Å². The van der Waals surface area contributed by atoms with Gasteiger partial charge in [-0.15, -0.1) is 34.2 Å². The minimum Gasteiger partial charge on any atom is -0.493 e. The third kappa shape index (κ3) is 7.55. The van der Waals surface area contributed by atoms with Gasteiger partial charge in [0.15, 0.2) is 17.5 Å². The lowest BCUT2D eigenvalue weighted by Gasteiger charge is -2.18. The normalized spacial score (nSPS) is 14.2. The number of nitrogens with zero attached hydrogens (tertiary/aromatic N) is 4. The zero-order valence-corrected chi connectivity index (χ0v) is 21.1. The molecule has 1 heterocycles. The number of halogens is 1. The van der Waals surface area contributed by atoms with Gasteiger partial charge in [0.25, 0.3) is 0 Å². The first-order chi connectivity index (χ1) is 14.7. The van der Waals surface area contributed by atoms with E-state index in [9.17, 15) is 0 Å². The lowest BCUT2D eigenvalue weighted by molar-refractivity contribution is 0.354. The average molecular weight is 542 g/mol. The maximum atomic E-state index is 5.40. The van der Waals surface area contributed by atoms with Crippen molar-refractivity contribution in [1.82, 2.24) is 25.4 Å². The number of methoxy groups -OCH3 is 2. The fourth-order valence-electron chi connectivity index (χ4n) is 3.78. The number of ether oxygens (including phenoxy) is 2. The Balaban J connectivity index is 0.00000341. The van der Waals surface area contributed by atoms with Gasteiger partial charge in [-0.1, -0.05) is 25.8 Å². The summed E-state index contributed by atoms with van der Waals surface area (Å²) in [6.07, 6.45) is 8.51. The molecule has 31 heavy (non-hydrogen) atoms. The van der Waals surface area contributed by atoms with Crippen LogP contribution in [0.4, 0.5) is 0 Å². The Morgan fingerprint density at radius 2 is 1.97 bits per heavy atom. The monoisotopic (exact) mass is 542 g/mol. The van der Waals surface area contributed by atoms with E-state index in [4.69, 9.17) is 14.5 Å². The molecule has 2 N–H and O–H groups in total. The number of aliphatic imine (C=N–C) groups is 1. The number of nitrogens with one attached hydrogen (secondary N) is 2. The van der Waals surface area contributed by atoms with E-state index in [1.165, 1.54) is 31.2 Å². The second-order valence-electron chi connectivity index (χ2n) is 7.52. The van der Waals surface area contributed by atoms with Crippen molar-refractivity contribution in [1.29, 1.82) is 0 Å². The Hall–Kier alpha value is -2.04. The molecule has 0 amide bonds. The molecule has 0 saturated heterocycles. The molecule has 2 aromatic rings. The zero-order valence-electron chi connectivity index (χ0n) is 18.8. The van der Waals surface area contributed by atoms with Crippen LogP contribution < -0.4 is 20.1 Å². The first kappa shape index (κ1) is 25.2. The topological polar surface area (TPSA) is 85.6 Å². The Morgan fingerprint density at radius 1 is 1.19 bits per heavy atom. The third-order valence-corrected chi connectivity index (χ3v) is 5.47. The third-order valence-electron chi connectivity index (χ3n) is 5.47. The van der Waals surface area contributed by atoms with Crippen LogP contribution in [0.25, 0.3) is 0 Å². The Kier molecular flexibility index (Phi) is 10.9. The highest BCUT2D eigenvalue weighted by molar-refractivity contribution is 14.0. The van der Waals surface area contributed by atoms with E-state index in [1.54, 1.807) is 20.5 Å². The van der Waals surface area contributed by atoms with Gasteiger partial charge in [0.1, 0.15) is 12.2 Å². The van der Waals surface area contributed by atoms with Crippen molar-refractivity contribution in [3.05, 3.63) is 35.9 Å². The summed E-state index contributed by atoms with van der Waals surface area (Å²) in [7, 11) is 3.31. The van der Waals surface area contributed by atoms with Crippen molar-refractivity contribution >= 4 is 29.9 Å². The van der Waals surface area contributed by atoms with Crippen molar-refractivity contribution in [3.8, 4) is 11.5 Å². The van der Waals surface area contributed by atoms with Crippen molar-refractivity contribution in [2.75, 3.05) is 27.3 Å². The number of aromatic nitrogens is 3. The van der Waals surface area contributed by atoms with Crippen molar-refractivity contribution in [3.63, 3.8) is 0 Å². The molecular formula is C22H35IN6O2. The summed E-state index contributed by atoms with van der Waals surface area (Å²) in [6, 6.07) is 6.54. The molecule has 1 aromatic heterocycles. The predicted molar refractivity (Wildman–Crippen MR) is 134 cm³/mol. The van der Waals surface area contributed by atoms with Crippen molar-refractivity contribution in [2.24, 2.45) is 4.99 Å². The molecule has 0 radical (unpaired) electrons. The highest BCUT2D eigenvalue weighted by Gasteiger charge is 2.16. The number of benzene rings is 1. The van der Waals surface area contributed by atoms with Crippen LogP contribution in [-0.2, 0) is 19.4 Å². The molecular weight excluding hydrogens is 507 g/mol. The average Bonchev–Trinajstić information content (AvgIpc) is 3.45. The van der Waals surface area contributed by atoms with Crippen LogP contribution in [0.2, 0.25) is 0 Å². The summed E-state index contributed by atoms with van der Waals surface area (Å²) in [5.74, 6) is 3.39. The molecule has 0 spiro atoms. The molecule has 3 rings (SSSR count). The molecule has 9 heteroatoms. The summed E-state index contributed by atoms with van der Waals surface area (Å²) < 4.78 is 12.8. The van der Waals surface area contributed by atoms with Gasteiger partial charge < -0.3 is 24.7 Å². The van der Waals surface area contributed by atoms with E-state index >= 15 is 0 Å². The SMILES string of the molecule is CCc1nncn1CCNC(=NCCc1ccc(OC)c(OC)c1)NC1CCCC1.I. The van der Waals surface area contributed by atoms with Gasteiger partial charge in [-0.25, -0.2) is 0 Å². The van der Waals surface area contributed by atoms with E-state index in [-0.39, 0.29) is 24.0 Å². The van der Waals surface area contributed by atoms with Gasteiger partial charge in [0, 0.05) is 32.1 Å². The molecule has 0 unspecified atom stereocenters. The van der Waals surface area contributed by atoms with Crippen LogP contribution >= 0.6 is 24.0 Å². The second-order valence-corrected chi connectivity index (χ2v) is 7.52. The summed E-state index contributed by atoms with van der Waals surface area (Å²) in [5, 5.41) is 15.2. The highest BCUT2D eigenvalue weighted by atomic mass is 127. The largest absolute Gasteiger partial charge is 0.493 e. The summed E-state index contributed by atoms with van der Waals surface area (Å²) >= 11 is 0. The number of guanidine groups is 1. The molecule has 1 aromatic carbocycles. The molecule has 0 bridgehead atoms. The summed E-state index contributed by atoms with van der Waals surface area (Å²) in [4.78, 5) is 4.82. The lowest BCUT2D eigenvalue weighted by Crippen LogP contribution is -2.43. The van der Waals surface area contributed by atoms with E-state index in [2.05, 4.69) is 38.4 Å². The standard InChI is InChI=1S/C22H34N6O2.HI/c1-4-21-27-25-16-28(21)14-13-24-22(26-18-7-5-6-8-18)23-12-11-17-9-10-19(29-2)20(15-17)30-3;/h9-10,15-16,18H,4-8,11-14H2,1-3H3,(H2,23,24,26);1H. The maximum Gasteiger partial charge on any atom is 0.191 e. The van der Waals surface area contributed by atoms with E-state index < -0.39 is 0 Å². The first-order valence-corrected chi connectivity index (χ1v) is 10.9. The Labute approximate surface area is 202 Å². The van der Waals surface area contributed by atoms with E-state index in [1.807, 2.05) is 12.1 Å². The Bertz CT molecular complexity index is 820. The van der Waals surface area contributed by atoms with Crippen LogP contribution in [0.1, 0.15) is 44.0 Å². The number of aryl methyl sites for hydroxylation is 1. The maximum absolute atomic E-state index is 5.40. The van der Waals surface area contributed by atoms with Crippen LogP contribution in [0.15, 0.2) is 29.5 Å². The van der Waals surface area contributed by atoms with Crippen molar-refractivity contribution in [2.45, 2.75) is 58.0 Å². The highest BCUT2D eigenvalue weighted by Crippen LogP contribution is 2.27. The first-order valence-electron chi connectivity index (χ1n) is 10.9. The summed E-state index contributed by atoms with van der Waals surface area (Å²) in [6.45, 7) is 4.39. The zero-order chi connectivity index (χ0) is 21.2. The van der Waals surface area contributed by atoms with Gasteiger partial charge in [-0.3, -0.25) is 4.99 Å². The second kappa shape index (κ2) is 13.4. The van der Waals surface area contributed by atoms with E-state index in [0.29, 0.717) is 12.6 Å². The molecule has 1 saturated carbocycles. The fraction of sp³-hybridized carbons (Fsp3) is 0.591. The van der Waals surface area contributed by atoms with Gasteiger partial charge in [0.2, 0.25) is 0 Å². The molecule has 1 aliphatic rings. The lowest BCUT2D eigenvalue weighted by atomic mass is 10.1.